The van der Waals surface area contributed by atoms with Crippen molar-refractivity contribution < 1.29 is 24.2 Å². The molecule has 3 unspecified atom stereocenters. The number of hydrogen-bond donors (Lipinski definition) is 1. The van der Waals surface area contributed by atoms with Gasteiger partial charge >= 0.3 is 5.97 Å². The summed E-state index contributed by atoms with van der Waals surface area (Å²) >= 11 is 1.64. The van der Waals surface area contributed by atoms with Gasteiger partial charge in [0, 0.05) is 24.9 Å². The molecule has 0 aromatic heterocycles. The first-order valence-corrected chi connectivity index (χ1v) is 13.5. The monoisotopic (exact) mass is 492 g/mol. The first kappa shape index (κ1) is 26.8. The molecular weight excluding hydrogens is 452 g/mol. The van der Waals surface area contributed by atoms with Gasteiger partial charge in [-0.15, -0.1) is 24.9 Å². The maximum Gasteiger partial charge on any atom is 0.310 e. The first-order chi connectivity index (χ1) is 16.4. The molecule has 7 nitrogen and oxygen atoms in total. The summed E-state index contributed by atoms with van der Waals surface area (Å²) in [5, 5.41) is 9.72. The molecule has 0 aliphatic carbocycles. The summed E-state index contributed by atoms with van der Waals surface area (Å²) in [5.74, 6) is -1.68. The fourth-order valence-corrected chi connectivity index (χ4v) is 8.49. The van der Waals surface area contributed by atoms with Crippen LogP contribution in [-0.4, -0.2) is 81.6 Å². The van der Waals surface area contributed by atoms with E-state index in [-0.39, 0.29) is 42.1 Å². The van der Waals surface area contributed by atoms with Gasteiger partial charge in [0.1, 0.15) is 6.04 Å². The zero-order valence-corrected chi connectivity index (χ0v) is 21.4. The minimum atomic E-state index is -0.692. The summed E-state index contributed by atoms with van der Waals surface area (Å²) in [6.45, 7) is 12.9. The van der Waals surface area contributed by atoms with E-state index in [9.17, 15) is 19.5 Å². The Kier molecular flexibility index (Phi) is 9.27. The third-order valence-electron chi connectivity index (χ3n) is 7.58. The fraction of sp³-hybridized carbons (Fsp3) is 0.731. The molecule has 3 rings (SSSR count). The third kappa shape index (κ3) is 4.68. The number of β-amino-alcohol motifs (C(OH)–C–C–N with tert-alkyl or cyclic N) is 1. The van der Waals surface area contributed by atoms with Crippen molar-refractivity contribution in [3.63, 3.8) is 0 Å². The Morgan fingerprint density at radius 3 is 2.71 bits per heavy atom. The van der Waals surface area contributed by atoms with Crippen LogP contribution in [0, 0.1) is 17.8 Å². The van der Waals surface area contributed by atoms with Crippen LogP contribution in [0.15, 0.2) is 25.3 Å². The second-order valence-electron chi connectivity index (χ2n) is 9.69. The van der Waals surface area contributed by atoms with E-state index >= 15 is 0 Å². The number of rotatable bonds is 14. The van der Waals surface area contributed by atoms with E-state index in [0.717, 1.165) is 32.1 Å². The van der Waals surface area contributed by atoms with Crippen LogP contribution in [0.25, 0.3) is 0 Å². The topological polar surface area (TPSA) is 87.1 Å². The predicted octanol–water partition coefficient (Wildman–Crippen LogP) is 3.03. The Morgan fingerprint density at radius 1 is 1.29 bits per heavy atom. The number of fused-ring (bicyclic) bond motifs is 1. The van der Waals surface area contributed by atoms with E-state index in [0.29, 0.717) is 26.1 Å². The molecule has 3 aliphatic rings. The second kappa shape index (κ2) is 11.8. The summed E-state index contributed by atoms with van der Waals surface area (Å²) in [6.07, 6.45) is 8.70. The number of hydrogen-bond acceptors (Lipinski definition) is 6. The van der Waals surface area contributed by atoms with Crippen molar-refractivity contribution in [2.45, 2.75) is 68.4 Å². The Labute approximate surface area is 208 Å². The molecule has 3 saturated heterocycles. The van der Waals surface area contributed by atoms with Crippen molar-refractivity contribution >= 4 is 29.5 Å². The molecule has 6 atom stereocenters. The largest absolute Gasteiger partial charge is 0.465 e. The lowest BCUT2D eigenvalue weighted by Gasteiger charge is -2.40. The minimum Gasteiger partial charge on any atom is -0.465 e. The van der Waals surface area contributed by atoms with Crippen LogP contribution in [0.1, 0.15) is 52.4 Å². The van der Waals surface area contributed by atoms with Gasteiger partial charge in [0.15, 0.2) is 0 Å². The molecule has 0 aromatic rings. The van der Waals surface area contributed by atoms with E-state index in [1.807, 2.05) is 0 Å². The Bertz CT molecular complexity index is 789. The van der Waals surface area contributed by atoms with E-state index < -0.39 is 22.6 Å². The number of aliphatic hydroxyl groups excluding tert-OH is 1. The van der Waals surface area contributed by atoms with Crippen molar-refractivity contribution in [1.29, 1.82) is 0 Å². The highest BCUT2D eigenvalue weighted by molar-refractivity contribution is 8.02. The van der Waals surface area contributed by atoms with Crippen LogP contribution in [0.4, 0.5) is 0 Å². The van der Waals surface area contributed by atoms with Gasteiger partial charge in [-0.25, -0.2) is 0 Å². The summed E-state index contributed by atoms with van der Waals surface area (Å²) in [7, 11) is 0. The summed E-state index contributed by atoms with van der Waals surface area (Å²) in [4.78, 5) is 44.3. The highest BCUT2D eigenvalue weighted by Crippen LogP contribution is 2.68. The number of unbranched alkanes of at least 4 members (excludes halogenated alkanes) is 3. The third-order valence-corrected chi connectivity index (χ3v) is 9.66. The Balaban J connectivity index is 1.92. The minimum absolute atomic E-state index is 0.0321. The molecule has 8 heteroatoms. The molecule has 0 radical (unpaired) electrons. The van der Waals surface area contributed by atoms with Crippen LogP contribution < -0.4 is 0 Å². The van der Waals surface area contributed by atoms with E-state index in [1.54, 1.807) is 33.7 Å². The van der Waals surface area contributed by atoms with Gasteiger partial charge in [0.2, 0.25) is 11.8 Å². The standard InChI is InChI=1S/C26H40N2O5S/c1-5-8-10-13-27(12-7-3)24(31)22-26-18(4)17-19(34-26)20(25(32)33-16-11-9-6-2)21(26)23(30)28(22)14-15-29/h6-7,18-22,29H,2-3,5,8-17H2,1,4H3/t18?,19-,20+,21+,22?,26?/m1/s1. The number of aliphatic hydroxyl groups is 1. The highest BCUT2D eigenvalue weighted by atomic mass is 32.2. The molecule has 0 aromatic carbocycles. The van der Waals surface area contributed by atoms with Crippen molar-refractivity contribution in [3.05, 3.63) is 25.3 Å². The first-order valence-electron chi connectivity index (χ1n) is 12.6. The predicted molar refractivity (Wildman–Crippen MR) is 134 cm³/mol. The van der Waals surface area contributed by atoms with Crippen molar-refractivity contribution in [3.8, 4) is 0 Å². The van der Waals surface area contributed by atoms with Gasteiger partial charge in [-0.05, 0) is 31.6 Å². The average Bonchev–Trinajstić information content (AvgIpc) is 3.40. The number of likely N-dealkylation sites (tertiary alicyclic amines) is 1. The van der Waals surface area contributed by atoms with E-state index in [2.05, 4.69) is 27.0 Å². The second-order valence-corrected chi connectivity index (χ2v) is 11.2. The lowest BCUT2D eigenvalue weighted by molar-refractivity contribution is -0.154. The maximum absolute atomic E-state index is 14.0. The lowest BCUT2D eigenvalue weighted by Crippen LogP contribution is -2.57. The van der Waals surface area contributed by atoms with Crippen LogP contribution in [-0.2, 0) is 19.1 Å². The average molecular weight is 493 g/mol. The summed E-state index contributed by atoms with van der Waals surface area (Å²) in [6, 6.07) is -0.692. The maximum atomic E-state index is 14.0. The van der Waals surface area contributed by atoms with Gasteiger partial charge in [0.05, 0.1) is 29.8 Å². The van der Waals surface area contributed by atoms with Crippen LogP contribution in [0.3, 0.4) is 0 Å². The molecule has 1 N–H and O–H groups in total. The number of amides is 2. The Morgan fingerprint density at radius 2 is 2.06 bits per heavy atom. The molecule has 2 bridgehead atoms. The van der Waals surface area contributed by atoms with Crippen LogP contribution in [0.5, 0.6) is 0 Å². The number of esters is 1. The SMILES string of the molecule is C=CCCCOC(=O)[C@@H]1[C@H]2C(=O)N(CCO)C(C(=O)N(CC=C)CCCCC)C23S[C@@H]1CC3C. The van der Waals surface area contributed by atoms with Crippen molar-refractivity contribution in [2.75, 3.05) is 32.8 Å². The number of nitrogens with zero attached hydrogens (tertiary/aromatic N) is 2. The van der Waals surface area contributed by atoms with Crippen molar-refractivity contribution in [1.82, 2.24) is 9.80 Å². The molecule has 2 amide bonds. The molecule has 1 spiro atoms. The quantitative estimate of drug-likeness (QED) is 0.228. The Hall–Kier alpha value is -1.80. The lowest BCUT2D eigenvalue weighted by atomic mass is 9.66. The number of carbonyl (C=O) groups is 3. The van der Waals surface area contributed by atoms with Crippen LogP contribution in [0.2, 0.25) is 0 Å². The smallest absolute Gasteiger partial charge is 0.310 e. The normalized spacial score (nSPS) is 31.4. The summed E-state index contributed by atoms with van der Waals surface area (Å²) < 4.78 is 4.91. The van der Waals surface area contributed by atoms with Gasteiger partial charge in [-0.1, -0.05) is 38.8 Å². The van der Waals surface area contributed by atoms with Crippen molar-refractivity contribution in [2.24, 2.45) is 17.8 Å². The molecule has 3 aliphatic heterocycles. The number of carbonyl (C=O) groups excluding carboxylic acids is 3. The molecule has 3 fully saturated rings. The van der Waals surface area contributed by atoms with Gasteiger partial charge in [-0.2, -0.15) is 0 Å². The van der Waals surface area contributed by atoms with E-state index in [1.165, 1.54) is 0 Å². The van der Waals surface area contributed by atoms with Crippen LogP contribution >= 0.6 is 11.8 Å². The molecule has 34 heavy (non-hydrogen) atoms. The van der Waals surface area contributed by atoms with Gasteiger partial charge in [0.25, 0.3) is 0 Å². The highest BCUT2D eigenvalue weighted by Gasteiger charge is 2.76. The molecule has 190 valence electrons. The molecular formula is C26H40N2O5S. The van der Waals surface area contributed by atoms with E-state index in [4.69, 9.17) is 4.74 Å². The zero-order valence-electron chi connectivity index (χ0n) is 20.6. The summed E-state index contributed by atoms with van der Waals surface area (Å²) in [5.41, 5.74) is 0. The molecule has 0 saturated carbocycles. The number of allylic oxidation sites excluding steroid dienone is 1. The fourth-order valence-electron chi connectivity index (χ4n) is 6.08. The number of thioether (sulfide) groups is 1. The molecule has 3 heterocycles. The van der Waals surface area contributed by atoms with Gasteiger partial charge < -0.3 is 19.6 Å². The van der Waals surface area contributed by atoms with Gasteiger partial charge in [-0.3, -0.25) is 14.4 Å². The zero-order chi connectivity index (χ0) is 24.9. The number of ether oxygens (including phenoxy) is 1.